The molecular weight excluding hydrogens is 380 g/mol. The molecule has 1 amide bonds. The molecule has 2 rings (SSSR count). The van der Waals surface area contributed by atoms with E-state index >= 15 is 0 Å². The fourth-order valence-electron chi connectivity index (χ4n) is 2.57. The Morgan fingerprint density at radius 3 is 2.25 bits per heavy atom. The zero-order valence-electron chi connectivity index (χ0n) is 16.3. The van der Waals surface area contributed by atoms with Crippen LogP contribution in [0.5, 0.6) is 0 Å². The second-order valence-electron chi connectivity index (χ2n) is 6.69. The van der Waals surface area contributed by atoms with Gasteiger partial charge in [0.2, 0.25) is 10.0 Å². The summed E-state index contributed by atoms with van der Waals surface area (Å²) in [5.41, 5.74) is 2.52. The quantitative estimate of drug-likeness (QED) is 0.691. The van der Waals surface area contributed by atoms with Crippen molar-refractivity contribution < 1.29 is 22.7 Å². The van der Waals surface area contributed by atoms with Gasteiger partial charge in [0, 0.05) is 11.7 Å². The normalized spacial score (nSPS) is 11.3. The maximum Gasteiger partial charge on any atom is 0.338 e. The highest BCUT2D eigenvalue weighted by Gasteiger charge is 2.18. The molecule has 2 N–H and O–H groups in total. The molecule has 2 aromatic rings. The van der Waals surface area contributed by atoms with Crippen molar-refractivity contribution in [3.8, 4) is 0 Å². The highest BCUT2D eigenvalue weighted by molar-refractivity contribution is 7.89. The van der Waals surface area contributed by atoms with Gasteiger partial charge in [0.25, 0.3) is 5.91 Å². The Labute approximate surface area is 165 Å². The summed E-state index contributed by atoms with van der Waals surface area (Å²) in [7, 11) is -3.73. The van der Waals surface area contributed by atoms with Crippen molar-refractivity contribution in [2.75, 3.05) is 11.9 Å². The number of carbonyl (C=O) groups is 2. The molecule has 7 nitrogen and oxygen atoms in total. The van der Waals surface area contributed by atoms with Crippen LogP contribution in [0.25, 0.3) is 0 Å². The van der Waals surface area contributed by atoms with Gasteiger partial charge in [-0.15, -0.1) is 0 Å². The minimum atomic E-state index is -3.73. The summed E-state index contributed by atoms with van der Waals surface area (Å²) < 4.78 is 31.9. The first-order valence-electron chi connectivity index (χ1n) is 8.75. The number of benzene rings is 2. The fraction of sp³-hybridized carbons (Fsp3) is 0.300. The third-order valence-corrected chi connectivity index (χ3v) is 5.51. The SMILES string of the molecule is Cc1cccc(C)c1NC(=O)COC(=O)c1cccc(S(=O)(=O)NC(C)C)c1. The number of ether oxygens (including phenoxy) is 1. The van der Waals surface area contributed by atoms with Crippen molar-refractivity contribution in [2.45, 2.75) is 38.6 Å². The molecule has 0 aliphatic rings. The Kier molecular flexibility index (Phi) is 6.93. The van der Waals surface area contributed by atoms with Crippen LogP contribution in [0.4, 0.5) is 5.69 Å². The van der Waals surface area contributed by atoms with Crippen molar-refractivity contribution in [1.82, 2.24) is 4.72 Å². The van der Waals surface area contributed by atoms with Crippen LogP contribution in [-0.4, -0.2) is 32.9 Å². The summed E-state index contributed by atoms with van der Waals surface area (Å²) in [5.74, 6) is -1.26. The molecule has 0 aliphatic carbocycles. The van der Waals surface area contributed by atoms with Crippen LogP contribution in [0.15, 0.2) is 47.4 Å². The van der Waals surface area contributed by atoms with Crippen LogP contribution in [0.2, 0.25) is 0 Å². The minimum Gasteiger partial charge on any atom is -0.452 e. The summed E-state index contributed by atoms with van der Waals surface area (Å²) in [6.07, 6.45) is 0. The van der Waals surface area contributed by atoms with E-state index in [1.807, 2.05) is 32.0 Å². The Bertz CT molecular complexity index is 964. The molecule has 0 spiro atoms. The third kappa shape index (κ3) is 5.64. The van der Waals surface area contributed by atoms with Crippen LogP contribution in [0.1, 0.15) is 35.3 Å². The van der Waals surface area contributed by atoms with Crippen LogP contribution in [-0.2, 0) is 19.6 Å². The average molecular weight is 404 g/mol. The van der Waals surface area contributed by atoms with Gasteiger partial charge in [-0.3, -0.25) is 4.79 Å². The summed E-state index contributed by atoms with van der Waals surface area (Å²) in [6.45, 7) is 6.65. The van der Waals surface area contributed by atoms with Crippen LogP contribution in [0, 0.1) is 13.8 Å². The number of nitrogens with one attached hydrogen (secondary N) is 2. The molecule has 0 saturated carbocycles. The van der Waals surface area contributed by atoms with Gasteiger partial charge in [-0.25, -0.2) is 17.9 Å². The van der Waals surface area contributed by atoms with E-state index in [9.17, 15) is 18.0 Å². The maximum absolute atomic E-state index is 12.2. The predicted octanol–water partition coefficient (Wildman–Crippen LogP) is 2.79. The molecule has 0 bridgehead atoms. The van der Waals surface area contributed by atoms with Gasteiger partial charge in [-0.1, -0.05) is 24.3 Å². The van der Waals surface area contributed by atoms with Crippen LogP contribution < -0.4 is 10.0 Å². The molecule has 0 radical (unpaired) electrons. The lowest BCUT2D eigenvalue weighted by Gasteiger charge is -2.12. The van der Waals surface area contributed by atoms with E-state index < -0.39 is 28.5 Å². The molecule has 0 aromatic heterocycles. The number of para-hydroxylation sites is 1. The van der Waals surface area contributed by atoms with E-state index in [1.165, 1.54) is 24.3 Å². The molecule has 2 aromatic carbocycles. The van der Waals surface area contributed by atoms with Crippen molar-refractivity contribution in [2.24, 2.45) is 0 Å². The Balaban J connectivity index is 2.03. The zero-order chi connectivity index (χ0) is 20.9. The van der Waals surface area contributed by atoms with Crippen LogP contribution >= 0.6 is 0 Å². The average Bonchev–Trinajstić information content (AvgIpc) is 2.62. The number of aryl methyl sites for hydroxylation is 2. The van der Waals surface area contributed by atoms with Gasteiger partial charge in [0.1, 0.15) is 0 Å². The number of carbonyl (C=O) groups excluding carboxylic acids is 2. The Hall–Kier alpha value is -2.71. The van der Waals surface area contributed by atoms with Crippen molar-refractivity contribution in [1.29, 1.82) is 0 Å². The predicted molar refractivity (Wildman–Crippen MR) is 107 cm³/mol. The standard InChI is InChI=1S/C20H24N2O5S/c1-13(2)22-28(25,26)17-10-6-9-16(11-17)20(24)27-12-18(23)21-19-14(3)7-5-8-15(19)4/h5-11,13,22H,12H2,1-4H3,(H,21,23). The lowest BCUT2D eigenvalue weighted by molar-refractivity contribution is -0.119. The minimum absolute atomic E-state index is 0.0457. The first-order chi connectivity index (χ1) is 13.1. The molecule has 0 aliphatic heterocycles. The lowest BCUT2D eigenvalue weighted by atomic mass is 10.1. The number of hydrogen-bond donors (Lipinski definition) is 2. The molecule has 0 saturated heterocycles. The van der Waals surface area contributed by atoms with Gasteiger partial charge in [-0.05, 0) is 57.0 Å². The van der Waals surface area contributed by atoms with E-state index in [1.54, 1.807) is 13.8 Å². The van der Waals surface area contributed by atoms with Crippen molar-refractivity contribution in [3.05, 3.63) is 59.2 Å². The maximum atomic E-state index is 12.2. The van der Waals surface area contributed by atoms with Gasteiger partial charge < -0.3 is 10.1 Å². The van der Waals surface area contributed by atoms with E-state index in [0.29, 0.717) is 5.69 Å². The number of hydrogen-bond acceptors (Lipinski definition) is 5. The fourth-order valence-corrected chi connectivity index (χ4v) is 3.87. The lowest BCUT2D eigenvalue weighted by Crippen LogP contribution is -2.30. The summed E-state index contributed by atoms with van der Waals surface area (Å²) in [5, 5.41) is 2.72. The smallest absolute Gasteiger partial charge is 0.338 e. The first-order valence-corrected chi connectivity index (χ1v) is 10.2. The molecule has 8 heteroatoms. The highest BCUT2D eigenvalue weighted by Crippen LogP contribution is 2.19. The summed E-state index contributed by atoms with van der Waals surface area (Å²) in [6, 6.07) is 10.8. The van der Waals surface area contributed by atoms with Gasteiger partial charge in [0.15, 0.2) is 6.61 Å². The van der Waals surface area contributed by atoms with Crippen molar-refractivity contribution in [3.63, 3.8) is 0 Å². The Morgan fingerprint density at radius 2 is 1.64 bits per heavy atom. The summed E-state index contributed by atoms with van der Waals surface area (Å²) >= 11 is 0. The second-order valence-corrected chi connectivity index (χ2v) is 8.41. The van der Waals surface area contributed by atoms with E-state index in [2.05, 4.69) is 10.0 Å². The van der Waals surface area contributed by atoms with Crippen LogP contribution in [0.3, 0.4) is 0 Å². The summed E-state index contributed by atoms with van der Waals surface area (Å²) in [4.78, 5) is 24.3. The van der Waals surface area contributed by atoms with E-state index in [4.69, 9.17) is 4.74 Å². The largest absolute Gasteiger partial charge is 0.452 e. The number of rotatable bonds is 7. The van der Waals surface area contributed by atoms with E-state index in [-0.39, 0.29) is 16.5 Å². The number of sulfonamides is 1. The van der Waals surface area contributed by atoms with E-state index in [0.717, 1.165) is 11.1 Å². The molecule has 0 unspecified atom stereocenters. The van der Waals surface area contributed by atoms with Crippen molar-refractivity contribution >= 4 is 27.6 Å². The molecule has 0 fully saturated rings. The number of anilines is 1. The topological polar surface area (TPSA) is 102 Å². The molecule has 0 atom stereocenters. The molecular formula is C20H24N2O5S. The van der Waals surface area contributed by atoms with Gasteiger partial charge in [0.05, 0.1) is 10.5 Å². The first kappa shape index (κ1) is 21.6. The molecule has 0 heterocycles. The number of esters is 1. The highest BCUT2D eigenvalue weighted by atomic mass is 32.2. The van der Waals surface area contributed by atoms with Gasteiger partial charge >= 0.3 is 5.97 Å². The monoisotopic (exact) mass is 404 g/mol. The third-order valence-electron chi connectivity index (χ3n) is 3.85. The number of amides is 1. The molecule has 150 valence electrons. The molecule has 28 heavy (non-hydrogen) atoms. The zero-order valence-corrected chi connectivity index (χ0v) is 17.1. The Morgan fingerprint density at radius 1 is 1.04 bits per heavy atom. The van der Waals surface area contributed by atoms with Gasteiger partial charge in [-0.2, -0.15) is 0 Å². The second kappa shape index (κ2) is 8.99.